The molecule has 4 aromatic carbocycles. The van der Waals surface area contributed by atoms with Gasteiger partial charge in [-0.3, -0.25) is 9.59 Å². The lowest BCUT2D eigenvalue weighted by molar-refractivity contribution is -0.134. The zero-order valence-corrected chi connectivity index (χ0v) is 28.5. The van der Waals surface area contributed by atoms with E-state index >= 15 is 0 Å². The van der Waals surface area contributed by atoms with Crippen LogP contribution in [0.4, 0.5) is 11.4 Å². The Bertz CT molecular complexity index is 1760. The first kappa shape index (κ1) is 35.3. The van der Waals surface area contributed by atoms with E-state index < -0.39 is 47.4 Å². The number of rotatable bonds is 12. The number of nitrogens with one attached hydrogen (secondary N) is 2. The van der Waals surface area contributed by atoms with E-state index in [2.05, 4.69) is 10.6 Å². The highest BCUT2D eigenvalue weighted by atomic mass is 16.5. The Morgan fingerprint density at radius 1 is 0.480 bits per heavy atom. The lowest BCUT2D eigenvalue weighted by Gasteiger charge is -2.51. The van der Waals surface area contributed by atoms with Crippen molar-refractivity contribution in [3.8, 4) is 23.0 Å². The average molecular weight is 683 g/mol. The lowest BCUT2D eigenvalue weighted by atomic mass is 9.51. The van der Waals surface area contributed by atoms with Gasteiger partial charge in [-0.2, -0.15) is 0 Å². The average Bonchev–Trinajstić information content (AvgIpc) is 3.13. The molecule has 50 heavy (non-hydrogen) atoms. The van der Waals surface area contributed by atoms with Gasteiger partial charge in [0.1, 0.15) is 0 Å². The first-order valence-corrected chi connectivity index (χ1v) is 15.6. The van der Waals surface area contributed by atoms with Gasteiger partial charge in [-0.25, -0.2) is 9.59 Å². The predicted molar refractivity (Wildman–Crippen MR) is 184 cm³/mol. The molecule has 0 atom stereocenters. The van der Waals surface area contributed by atoms with Gasteiger partial charge in [0.25, 0.3) is 0 Å². The number of carbonyl (C=O) groups excluding carboxylic acids is 4. The molecular formula is C38H38N2O10. The summed E-state index contributed by atoms with van der Waals surface area (Å²) in [7, 11) is 8.53. The van der Waals surface area contributed by atoms with E-state index in [0.29, 0.717) is 34.1 Å². The fraction of sp³-hybridized carbons (Fsp3) is 0.263. The van der Waals surface area contributed by atoms with Crippen LogP contribution in [0.5, 0.6) is 23.0 Å². The molecule has 0 saturated heterocycles. The summed E-state index contributed by atoms with van der Waals surface area (Å²) in [5, 5.41) is 5.85. The number of hydrogen-bond acceptors (Lipinski definition) is 10. The smallest absolute Gasteiger partial charge is 0.339 e. The van der Waals surface area contributed by atoms with E-state index in [1.165, 1.54) is 42.7 Å². The van der Waals surface area contributed by atoms with E-state index in [0.717, 1.165) is 0 Å². The molecule has 1 aliphatic carbocycles. The Morgan fingerprint density at radius 3 is 1.18 bits per heavy atom. The molecule has 12 heteroatoms. The van der Waals surface area contributed by atoms with E-state index in [9.17, 15) is 19.2 Å². The highest BCUT2D eigenvalue weighted by Gasteiger charge is 2.58. The summed E-state index contributed by atoms with van der Waals surface area (Å²) in [5.74, 6) is -3.54. The van der Waals surface area contributed by atoms with Crippen LogP contribution in [0.25, 0.3) is 0 Å². The van der Waals surface area contributed by atoms with Crippen LogP contribution in [0.3, 0.4) is 0 Å². The summed E-state index contributed by atoms with van der Waals surface area (Å²) < 4.78 is 32.0. The van der Waals surface area contributed by atoms with E-state index in [1.807, 2.05) is 0 Å². The maximum absolute atomic E-state index is 14.5. The fourth-order valence-electron chi connectivity index (χ4n) is 6.54. The van der Waals surface area contributed by atoms with Crippen molar-refractivity contribution >= 4 is 35.1 Å². The SMILES string of the molecule is COC(=O)c1ccccc1NC(=O)C1C(c2ccc(OC)c(OC)c2)C(C(=O)Nc2ccccc2C(=O)OC)C1c1ccc(OC)c(OC)c1. The third kappa shape index (κ3) is 6.77. The van der Waals surface area contributed by atoms with Gasteiger partial charge in [-0.15, -0.1) is 0 Å². The monoisotopic (exact) mass is 682 g/mol. The molecule has 0 spiro atoms. The summed E-state index contributed by atoms with van der Waals surface area (Å²) in [6.45, 7) is 0. The van der Waals surface area contributed by atoms with E-state index in [-0.39, 0.29) is 22.5 Å². The summed E-state index contributed by atoms with van der Waals surface area (Å²) >= 11 is 0. The standard InChI is InChI=1S/C38H38N2O10/c1-45-27-17-15-21(19-29(27)47-3)31-33(35(41)39-25-13-9-7-11-23(25)37(43)49-5)32(22-16-18-28(46-2)30(20-22)48-4)34(31)36(42)40-26-14-10-8-12-24(26)38(44)50-6/h7-20,31-34H,1-6H3,(H,39,41)(H,40,42). The van der Waals surface area contributed by atoms with Gasteiger partial charge >= 0.3 is 11.9 Å². The molecule has 0 heterocycles. The van der Waals surface area contributed by atoms with Gasteiger partial charge in [0.15, 0.2) is 23.0 Å². The van der Waals surface area contributed by atoms with Crippen molar-refractivity contribution in [2.45, 2.75) is 11.8 Å². The molecule has 260 valence electrons. The Labute approximate surface area is 289 Å². The number of amides is 2. The van der Waals surface area contributed by atoms with Crippen LogP contribution in [-0.4, -0.2) is 66.4 Å². The third-order valence-corrected chi connectivity index (χ3v) is 8.92. The van der Waals surface area contributed by atoms with Crippen LogP contribution in [0.2, 0.25) is 0 Å². The second-order valence-electron chi connectivity index (χ2n) is 11.4. The van der Waals surface area contributed by atoms with Crippen LogP contribution in [-0.2, 0) is 19.1 Å². The molecule has 5 rings (SSSR count). The Balaban J connectivity index is 1.67. The number of hydrogen-bond donors (Lipinski definition) is 2. The summed E-state index contributed by atoms with van der Waals surface area (Å²) in [6, 6.07) is 23.5. The number of anilines is 2. The molecule has 0 bridgehead atoms. The molecule has 0 aromatic heterocycles. The predicted octanol–water partition coefficient (Wildman–Crippen LogP) is 5.69. The lowest BCUT2D eigenvalue weighted by Crippen LogP contribution is -2.54. The molecule has 0 aliphatic heterocycles. The van der Waals surface area contributed by atoms with Gasteiger partial charge in [0.05, 0.1) is 77.0 Å². The van der Waals surface area contributed by atoms with Crippen LogP contribution in [0.15, 0.2) is 84.9 Å². The number of para-hydroxylation sites is 2. The molecule has 4 aromatic rings. The van der Waals surface area contributed by atoms with E-state index in [1.54, 1.807) is 84.9 Å². The van der Waals surface area contributed by atoms with Crippen molar-refractivity contribution in [2.75, 3.05) is 53.3 Å². The zero-order valence-electron chi connectivity index (χ0n) is 28.5. The minimum Gasteiger partial charge on any atom is -0.493 e. The maximum atomic E-state index is 14.5. The number of carbonyl (C=O) groups is 4. The van der Waals surface area contributed by atoms with Crippen molar-refractivity contribution in [1.29, 1.82) is 0 Å². The zero-order chi connectivity index (χ0) is 35.9. The minimum absolute atomic E-state index is 0.168. The quantitative estimate of drug-likeness (QED) is 0.179. The largest absolute Gasteiger partial charge is 0.493 e. The second-order valence-corrected chi connectivity index (χ2v) is 11.4. The number of esters is 2. The highest BCUT2D eigenvalue weighted by Crippen LogP contribution is 2.59. The first-order chi connectivity index (χ1) is 24.2. The van der Waals surface area contributed by atoms with Crippen molar-refractivity contribution in [1.82, 2.24) is 0 Å². The normalized spacial score (nSPS) is 17.7. The number of benzene rings is 4. The number of methoxy groups -OCH3 is 6. The molecule has 12 nitrogen and oxygen atoms in total. The molecule has 2 amide bonds. The summed E-state index contributed by atoms with van der Waals surface area (Å²) in [5.41, 5.74) is 2.09. The Hall–Kier alpha value is -6.04. The number of ether oxygens (including phenoxy) is 6. The second kappa shape index (κ2) is 15.5. The minimum atomic E-state index is -0.858. The molecule has 1 aliphatic rings. The van der Waals surface area contributed by atoms with Crippen LogP contribution >= 0.6 is 0 Å². The molecule has 0 unspecified atom stereocenters. The van der Waals surface area contributed by atoms with E-state index in [4.69, 9.17) is 28.4 Å². The van der Waals surface area contributed by atoms with Crippen molar-refractivity contribution < 1.29 is 47.6 Å². The first-order valence-electron chi connectivity index (χ1n) is 15.6. The van der Waals surface area contributed by atoms with Crippen molar-refractivity contribution in [3.63, 3.8) is 0 Å². The Morgan fingerprint density at radius 2 is 0.840 bits per heavy atom. The summed E-state index contributed by atoms with van der Waals surface area (Å²) in [6.07, 6.45) is 0. The van der Waals surface area contributed by atoms with Crippen LogP contribution in [0, 0.1) is 11.8 Å². The Kier molecular flexibility index (Phi) is 10.9. The van der Waals surface area contributed by atoms with Crippen molar-refractivity contribution in [2.24, 2.45) is 11.8 Å². The van der Waals surface area contributed by atoms with Crippen LogP contribution < -0.4 is 29.6 Å². The maximum Gasteiger partial charge on any atom is 0.339 e. The molecule has 2 N–H and O–H groups in total. The van der Waals surface area contributed by atoms with Gasteiger partial charge in [0.2, 0.25) is 11.8 Å². The highest BCUT2D eigenvalue weighted by molar-refractivity contribution is 6.06. The molecular weight excluding hydrogens is 644 g/mol. The van der Waals surface area contributed by atoms with Gasteiger partial charge in [0, 0.05) is 11.8 Å². The summed E-state index contributed by atoms with van der Waals surface area (Å²) in [4.78, 5) is 54.3. The fourth-order valence-corrected chi connectivity index (χ4v) is 6.54. The molecule has 0 radical (unpaired) electrons. The van der Waals surface area contributed by atoms with Gasteiger partial charge in [-0.05, 0) is 59.7 Å². The topological polar surface area (TPSA) is 148 Å². The van der Waals surface area contributed by atoms with Gasteiger partial charge < -0.3 is 39.1 Å². The van der Waals surface area contributed by atoms with Gasteiger partial charge in [-0.1, -0.05) is 36.4 Å². The molecule has 1 saturated carbocycles. The van der Waals surface area contributed by atoms with Crippen LogP contribution in [0.1, 0.15) is 43.7 Å². The molecule has 1 fully saturated rings. The third-order valence-electron chi connectivity index (χ3n) is 8.92. The van der Waals surface area contributed by atoms with Crippen molar-refractivity contribution in [3.05, 3.63) is 107 Å².